The van der Waals surface area contributed by atoms with E-state index in [4.69, 9.17) is 9.84 Å². The summed E-state index contributed by atoms with van der Waals surface area (Å²) in [5, 5.41) is 8.83. The summed E-state index contributed by atoms with van der Waals surface area (Å²) in [5.74, 6) is -0.921. The van der Waals surface area contributed by atoms with E-state index in [0.29, 0.717) is 25.3 Å². The zero-order valence-electron chi connectivity index (χ0n) is 11.9. The lowest BCUT2D eigenvalue weighted by Crippen LogP contribution is -2.46. The molecule has 0 aromatic heterocycles. The number of hydrogen-bond donors (Lipinski definition) is 1. The first-order valence-electron chi connectivity index (χ1n) is 7.38. The number of benzene rings is 1. The van der Waals surface area contributed by atoms with Gasteiger partial charge in [-0.2, -0.15) is 0 Å². The molecule has 0 radical (unpaired) electrons. The van der Waals surface area contributed by atoms with Crippen molar-refractivity contribution < 1.29 is 19.4 Å². The highest BCUT2D eigenvalue weighted by molar-refractivity contribution is 5.94. The van der Waals surface area contributed by atoms with E-state index in [1.165, 1.54) is 11.1 Å². The summed E-state index contributed by atoms with van der Waals surface area (Å²) in [6.07, 6.45) is 2.83. The number of hydrogen-bond acceptors (Lipinski definition) is 3. The lowest BCUT2D eigenvalue weighted by atomic mass is 10.0. The Morgan fingerprint density at radius 1 is 1.29 bits per heavy atom. The van der Waals surface area contributed by atoms with Crippen molar-refractivity contribution in [2.24, 2.45) is 0 Å². The molecular formula is C16H19NO4. The monoisotopic (exact) mass is 289 g/mol. The van der Waals surface area contributed by atoms with Crippen LogP contribution < -0.4 is 0 Å². The average Bonchev–Trinajstić information content (AvgIpc) is 2.93. The van der Waals surface area contributed by atoms with Gasteiger partial charge in [0.05, 0.1) is 19.1 Å². The van der Waals surface area contributed by atoms with Crippen molar-refractivity contribution >= 4 is 11.9 Å². The van der Waals surface area contributed by atoms with E-state index in [-0.39, 0.29) is 12.3 Å². The predicted molar refractivity (Wildman–Crippen MR) is 76.4 cm³/mol. The summed E-state index contributed by atoms with van der Waals surface area (Å²) in [7, 11) is 0. The van der Waals surface area contributed by atoms with Crippen molar-refractivity contribution in [3.05, 3.63) is 34.9 Å². The molecule has 112 valence electrons. The van der Waals surface area contributed by atoms with Gasteiger partial charge in [0.15, 0.2) is 0 Å². The molecule has 1 heterocycles. The van der Waals surface area contributed by atoms with Crippen LogP contribution in [-0.4, -0.2) is 47.7 Å². The third-order valence-electron chi connectivity index (χ3n) is 4.17. The van der Waals surface area contributed by atoms with Gasteiger partial charge in [-0.05, 0) is 42.5 Å². The van der Waals surface area contributed by atoms with Crippen molar-refractivity contribution in [3.63, 3.8) is 0 Å². The quantitative estimate of drug-likeness (QED) is 0.915. The summed E-state index contributed by atoms with van der Waals surface area (Å²) in [6, 6.07) is 5.92. The summed E-state index contributed by atoms with van der Waals surface area (Å²) in [4.78, 5) is 25.0. The number of carbonyl (C=O) groups excluding carboxylic acids is 1. The van der Waals surface area contributed by atoms with Gasteiger partial charge in [0.1, 0.15) is 0 Å². The molecule has 0 bridgehead atoms. The molecule has 1 atom stereocenters. The maximum Gasteiger partial charge on any atom is 0.306 e. The van der Waals surface area contributed by atoms with Gasteiger partial charge < -0.3 is 14.7 Å². The van der Waals surface area contributed by atoms with Crippen LogP contribution in [0.2, 0.25) is 0 Å². The van der Waals surface area contributed by atoms with Gasteiger partial charge >= 0.3 is 5.97 Å². The molecule has 21 heavy (non-hydrogen) atoms. The molecule has 1 N–H and O–H groups in total. The van der Waals surface area contributed by atoms with Crippen LogP contribution in [0.15, 0.2) is 18.2 Å². The minimum absolute atomic E-state index is 0.0246. The van der Waals surface area contributed by atoms with E-state index in [0.717, 1.165) is 19.3 Å². The number of aryl methyl sites for hydroxylation is 2. The second-order valence-corrected chi connectivity index (χ2v) is 5.68. The van der Waals surface area contributed by atoms with Crippen LogP contribution >= 0.6 is 0 Å². The zero-order valence-corrected chi connectivity index (χ0v) is 11.9. The number of ether oxygens (including phenoxy) is 1. The minimum atomic E-state index is -0.896. The topological polar surface area (TPSA) is 66.8 Å². The number of carboxylic acids is 1. The van der Waals surface area contributed by atoms with Crippen LogP contribution in [0.4, 0.5) is 0 Å². The number of fused-ring (bicyclic) bond motifs is 1. The van der Waals surface area contributed by atoms with E-state index >= 15 is 0 Å². The van der Waals surface area contributed by atoms with Gasteiger partial charge in [-0.3, -0.25) is 9.59 Å². The number of carboxylic acid groups (broad SMARTS) is 1. The van der Waals surface area contributed by atoms with Crippen LogP contribution in [0.25, 0.3) is 0 Å². The van der Waals surface area contributed by atoms with Crippen LogP contribution in [0, 0.1) is 0 Å². The smallest absolute Gasteiger partial charge is 0.306 e. The third-order valence-corrected chi connectivity index (χ3v) is 4.17. The van der Waals surface area contributed by atoms with E-state index in [1.807, 2.05) is 18.2 Å². The van der Waals surface area contributed by atoms with Crippen LogP contribution in [0.3, 0.4) is 0 Å². The molecule has 1 saturated heterocycles. The first-order valence-corrected chi connectivity index (χ1v) is 7.38. The van der Waals surface area contributed by atoms with Crippen molar-refractivity contribution in [1.82, 2.24) is 4.90 Å². The van der Waals surface area contributed by atoms with Crippen LogP contribution in [0.1, 0.15) is 34.3 Å². The minimum Gasteiger partial charge on any atom is -0.481 e. The molecule has 1 aromatic rings. The Labute approximate surface area is 123 Å². The molecule has 1 unspecified atom stereocenters. The second-order valence-electron chi connectivity index (χ2n) is 5.68. The molecule has 0 spiro atoms. The molecule has 2 aliphatic rings. The average molecular weight is 289 g/mol. The Balaban J connectivity index is 1.71. The number of rotatable bonds is 3. The fourth-order valence-corrected chi connectivity index (χ4v) is 3.11. The highest BCUT2D eigenvalue weighted by atomic mass is 16.5. The molecule has 1 fully saturated rings. The molecular weight excluding hydrogens is 270 g/mol. The summed E-state index contributed by atoms with van der Waals surface area (Å²) in [6.45, 7) is 1.27. The Morgan fingerprint density at radius 2 is 2.10 bits per heavy atom. The number of carbonyl (C=O) groups is 2. The maximum atomic E-state index is 12.6. The largest absolute Gasteiger partial charge is 0.481 e. The van der Waals surface area contributed by atoms with Gasteiger partial charge in [-0.25, -0.2) is 0 Å². The highest BCUT2D eigenvalue weighted by Gasteiger charge is 2.27. The molecule has 0 saturated carbocycles. The van der Waals surface area contributed by atoms with Gasteiger partial charge in [0, 0.05) is 18.7 Å². The SMILES string of the molecule is O=C(O)CC1CN(C(=O)c2ccc3c(c2)CCC3)CCO1. The zero-order chi connectivity index (χ0) is 14.8. The standard InChI is InChI=1S/C16H19NO4/c18-15(19)9-14-10-17(6-7-21-14)16(20)13-5-4-11-2-1-3-12(11)8-13/h4-5,8,14H,1-3,6-7,9-10H2,(H,18,19). The summed E-state index contributed by atoms with van der Waals surface area (Å²) < 4.78 is 5.40. The van der Waals surface area contributed by atoms with Gasteiger partial charge in [0.2, 0.25) is 0 Å². The third kappa shape index (κ3) is 3.08. The lowest BCUT2D eigenvalue weighted by Gasteiger charge is -2.32. The van der Waals surface area contributed by atoms with Crippen LogP contribution in [0.5, 0.6) is 0 Å². The first-order chi connectivity index (χ1) is 10.1. The molecule has 5 heteroatoms. The van der Waals surface area contributed by atoms with Crippen LogP contribution in [-0.2, 0) is 22.4 Å². The van der Waals surface area contributed by atoms with Crippen molar-refractivity contribution in [2.45, 2.75) is 31.8 Å². The highest BCUT2D eigenvalue weighted by Crippen LogP contribution is 2.24. The van der Waals surface area contributed by atoms with Crippen molar-refractivity contribution in [3.8, 4) is 0 Å². The number of amides is 1. The Bertz CT molecular complexity index is 569. The van der Waals surface area contributed by atoms with Gasteiger partial charge in [-0.1, -0.05) is 6.07 Å². The first kappa shape index (κ1) is 14.1. The number of morpholine rings is 1. The summed E-state index contributed by atoms with van der Waals surface area (Å²) in [5.41, 5.74) is 3.32. The Hall–Kier alpha value is -1.88. The van der Waals surface area contributed by atoms with E-state index in [2.05, 4.69) is 0 Å². The molecule has 5 nitrogen and oxygen atoms in total. The Kier molecular flexibility index (Phi) is 3.92. The fraction of sp³-hybridized carbons (Fsp3) is 0.500. The number of nitrogens with zero attached hydrogens (tertiary/aromatic N) is 1. The second kappa shape index (κ2) is 5.85. The van der Waals surface area contributed by atoms with E-state index in [1.54, 1.807) is 4.90 Å². The van der Waals surface area contributed by atoms with Crippen molar-refractivity contribution in [2.75, 3.05) is 19.7 Å². The fourth-order valence-electron chi connectivity index (χ4n) is 3.11. The predicted octanol–water partition coefficient (Wildman–Crippen LogP) is 1.49. The van der Waals surface area contributed by atoms with Crippen molar-refractivity contribution in [1.29, 1.82) is 0 Å². The normalized spacial score (nSPS) is 21.1. The number of aliphatic carboxylic acids is 1. The lowest BCUT2D eigenvalue weighted by molar-refractivity contribution is -0.141. The molecule has 1 amide bonds. The molecule has 1 aliphatic carbocycles. The molecule has 3 rings (SSSR count). The van der Waals surface area contributed by atoms with Gasteiger partial charge in [-0.15, -0.1) is 0 Å². The molecule has 1 aliphatic heterocycles. The van der Waals surface area contributed by atoms with E-state index in [9.17, 15) is 9.59 Å². The Morgan fingerprint density at radius 3 is 2.90 bits per heavy atom. The van der Waals surface area contributed by atoms with Gasteiger partial charge in [0.25, 0.3) is 5.91 Å². The van der Waals surface area contributed by atoms with E-state index < -0.39 is 12.1 Å². The maximum absolute atomic E-state index is 12.6. The molecule has 1 aromatic carbocycles. The summed E-state index contributed by atoms with van der Waals surface area (Å²) >= 11 is 0.